The Balaban J connectivity index is 1.35. The van der Waals surface area contributed by atoms with Crippen LogP contribution in [0.2, 0.25) is 0 Å². The number of para-hydroxylation sites is 1. The Hall–Kier alpha value is -4.83. The first-order valence-electron chi connectivity index (χ1n) is 13.7. The minimum atomic E-state index is -0.826. The standard InChI is InChI=1S/C31H30N6O4/c1-2-16-35(31(40)32-17-22-10-5-3-6-11-22)36-20-27(38)37-26(36)19-34(30(39)28(37)23-12-7-4-8-13-23)18-24-14-9-15-25-29(24)41-21-33-25/h3-15,17,21,26,28H,2,16,18-20H2,1H3/b32-17+/t26-,28+/m1/s1. The van der Waals surface area contributed by atoms with Gasteiger partial charge in [-0.05, 0) is 23.6 Å². The average Bonchev–Trinajstić information content (AvgIpc) is 3.61. The van der Waals surface area contributed by atoms with Gasteiger partial charge in [0.25, 0.3) is 5.91 Å². The molecule has 0 radical (unpaired) electrons. The van der Waals surface area contributed by atoms with E-state index in [2.05, 4.69) is 9.98 Å². The summed E-state index contributed by atoms with van der Waals surface area (Å²) in [6.45, 7) is 2.81. The molecule has 41 heavy (non-hydrogen) atoms. The van der Waals surface area contributed by atoms with Crippen LogP contribution in [0, 0.1) is 0 Å². The number of fused-ring (bicyclic) bond motifs is 2. The van der Waals surface area contributed by atoms with Gasteiger partial charge in [0.05, 0.1) is 13.1 Å². The molecule has 4 aromatic rings. The maximum Gasteiger partial charge on any atom is 0.358 e. The first kappa shape index (κ1) is 26.4. The molecule has 2 aliphatic heterocycles. The molecule has 2 saturated heterocycles. The summed E-state index contributed by atoms with van der Waals surface area (Å²) in [6.07, 6.45) is 3.04. The van der Waals surface area contributed by atoms with Crippen molar-refractivity contribution in [2.24, 2.45) is 4.99 Å². The lowest BCUT2D eigenvalue weighted by Crippen LogP contribution is -2.61. The SMILES string of the molecule is CCCN(C(=O)/N=C/c1ccccc1)N1CC(=O)N2[C@@H](c3ccccc3)C(=O)N(Cc3cccc4ncoc34)C[C@@H]21. The number of aliphatic imine (C=N–C) groups is 1. The van der Waals surface area contributed by atoms with Crippen molar-refractivity contribution in [2.75, 3.05) is 19.6 Å². The van der Waals surface area contributed by atoms with E-state index in [1.807, 2.05) is 85.8 Å². The number of amides is 4. The molecule has 6 rings (SSSR count). The van der Waals surface area contributed by atoms with Crippen molar-refractivity contribution in [3.63, 3.8) is 0 Å². The first-order chi connectivity index (χ1) is 20.0. The number of hydrogen-bond donors (Lipinski definition) is 0. The predicted octanol–water partition coefficient (Wildman–Crippen LogP) is 4.25. The molecule has 0 aliphatic carbocycles. The number of rotatable bonds is 7. The second kappa shape index (κ2) is 11.3. The number of piperazine rings is 1. The molecule has 2 aliphatic rings. The lowest BCUT2D eigenvalue weighted by molar-refractivity contribution is -0.158. The first-order valence-corrected chi connectivity index (χ1v) is 13.7. The van der Waals surface area contributed by atoms with Crippen molar-refractivity contribution in [3.8, 4) is 0 Å². The van der Waals surface area contributed by atoms with Gasteiger partial charge in [0.2, 0.25) is 5.91 Å². The van der Waals surface area contributed by atoms with E-state index < -0.39 is 18.2 Å². The number of oxazole rings is 1. The number of aromatic nitrogens is 1. The molecule has 1 aromatic heterocycles. The summed E-state index contributed by atoms with van der Waals surface area (Å²) in [5.74, 6) is -0.398. The van der Waals surface area contributed by atoms with Crippen molar-refractivity contribution in [1.82, 2.24) is 24.8 Å². The van der Waals surface area contributed by atoms with E-state index in [0.717, 1.165) is 16.7 Å². The highest BCUT2D eigenvalue weighted by atomic mass is 16.3. The quantitative estimate of drug-likeness (QED) is 0.319. The summed E-state index contributed by atoms with van der Waals surface area (Å²) >= 11 is 0. The van der Waals surface area contributed by atoms with Crippen LogP contribution < -0.4 is 0 Å². The Labute approximate surface area is 237 Å². The molecule has 10 heteroatoms. The predicted molar refractivity (Wildman–Crippen MR) is 152 cm³/mol. The zero-order valence-electron chi connectivity index (χ0n) is 22.7. The number of benzene rings is 3. The molecule has 0 spiro atoms. The van der Waals surface area contributed by atoms with Gasteiger partial charge in [-0.15, -0.1) is 0 Å². The number of carbonyl (C=O) groups excluding carboxylic acids is 3. The second-order valence-electron chi connectivity index (χ2n) is 10.1. The van der Waals surface area contributed by atoms with Gasteiger partial charge < -0.3 is 14.2 Å². The summed E-state index contributed by atoms with van der Waals surface area (Å²) in [5.41, 5.74) is 3.67. The van der Waals surface area contributed by atoms with E-state index in [1.165, 1.54) is 17.6 Å². The van der Waals surface area contributed by atoms with Crippen molar-refractivity contribution in [2.45, 2.75) is 32.1 Å². The van der Waals surface area contributed by atoms with Gasteiger partial charge in [-0.3, -0.25) is 14.6 Å². The third-order valence-corrected chi connectivity index (χ3v) is 7.46. The van der Waals surface area contributed by atoms with Gasteiger partial charge in [0.15, 0.2) is 12.0 Å². The fourth-order valence-electron chi connectivity index (χ4n) is 5.60. The monoisotopic (exact) mass is 550 g/mol. The van der Waals surface area contributed by atoms with Gasteiger partial charge >= 0.3 is 6.03 Å². The average molecular weight is 551 g/mol. The summed E-state index contributed by atoms with van der Waals surface area (Å²) < 4.78 is 5.63. The van der Waals surface area contributed by atoms with Gasteiger partial charge in [-0.2, -0.15) is 5.01 Å². The topological polar surface area (TPSA) is 103 Å². The molecule has 0 unspecified atom stereocenters. The van der Waals surface area contributed by atoms with E-state index in [9.17, 15) is 14.4 Å². The zero-order chi connectivity index (χ0) is 28.3. The molecule has 2 fully saturated rings. The Morgan fingerprint density at radius 3 is 2.56 bits per heavy atom. The van der Waals surface area contributed by atoms with E-state index in [1.54, 1.807) is 14.8 Å². The van der Waals surface area contributed by atoms with E-state index in [0.29, 0.717) is 24.1 Å². The number of hydrazine groups is 1. The largest absolute Gasteiger partial charge is 0.443 e. The van der Waals surface area contributed by atoms with Gasteiger partial charge in [0.1, 0.15) is 17.7 Å². The zero-order valence-corrected chi connectivity index (χ0v) is 22.7. The molecule has 4 amide bonds. The molecule has 3 aromatic carbocycles. The van der Waals surface area contributed by atoms with Crippen LogP contribution in [0.4, 0.5) is 4.79 Å². The molecule has 2 atom stereocenters. The molecule has 0 saturated carbocycles. The van der Waals surface area contributed by atoms with Crippen molar-refractivity contribution >= 4 is 35.2 Å². The minimum absolute atomic E-state index is 0.0284. The second-order valence-corrected chi connectivity index (χ2v) is 10.1. The Kier molecular flexibility index (Phi) is 7.30. The molecule has 10 nitrogen and oxygen atoms in total. The van der Waals surface area contributed by atoms with Crippen molar-refractivity contribution in [1.29, 1.82) is 0 Å². The summed E-state index contributed by atoms with van der Waals surface area (Å²) in [4.78, 5) is 52.9. The summed E-state index contributed by atoms with van der Waals surface area (Å²) in [6, 6.07) is 23.1. The molecule has 0 bridgehead atoms. The fourth-order valence-corrected chi connectivity index (χ4v) is 5.60. The Morgan fingerprint density at radius 1 is 1.05 bits per heavy atom. The Bertz CT molecular complexity index is 1590. The molecular formula is C31H30N6O4. The van der Waals surface area contributed by atoms with Crippen molar-refractivity contribution < 1.29 is 18.8 Å². The lowest BCUT2D eigenvalue weighted by Gasteiger charge is -2.46. The molecular weight excluding hydrogens is 520 g/mol. The third kappa shape index (κ3) is 5.09. The van der Waals surface area contributed by atoms with Crippen LogP contribution in [0.3, 0.4) is 0 Å². The van der Waals surface area contributed by atoms with Gasteiger partial charge in [-0.25, -0.2) is 14.8 Å². The van der Waals surface area contributed by atoms with Crippen LogP contribution in [-0.4, -0.2) is 74.7 Å². The van der Waals surface area contributed by atoms with Crippen LogP contribution in [-0.2, 0) is 16.1 Å². The van der Waals surface area contributed by atoms with Crippen LogP contribution >= 0.6 is 0 Å². The van der Waals surface area contributed by atoms with Crippen LogP contribution in [0.5, 0.6) is 0 Å². The summed E-state index contributed by atoms with van der Waals surface area (Å²) in [7, 11) is 0. The molecule has 0 N–H and O–H groups in total. The molecule has 3 heterocycles. The van der Waals surface area contributed by atoms with Gasteiger partial charge in [0, 0.05) is 24.9 Å². The number of hydrogen-bond acceptors (Lipinski definition) is 6. The highest BCUT2D eigenvalue weighted by Gasteiger charge is 2.52. The highest BCUT2D eigenvalue weighted by Crippen LogP contribution is 2.37. The number of carbonyl (C=O) groups is 3. The number of nitrogens with zero attached hydrogens (tertiary/aromatic N) is 6. The maximum absolute atomic E-state index is 14.1. The normalized spacial score (nSPS) is 19.3. The van der Waals surface area contributed by atoms with Crippen LogP contribution in [0.1, 0.15) is 36.1 Å². The minimum Gasteiger partial charge on any atom is -0.443 e. The van der Waals surface area contributed by atoms with Crippen LogP contribution in [0.15, 0.2) is 94.7 Å². The lowest BCUT2D eigenvalue weighted by atomic mass is 10.00. The Morgan fingerprint density at radius 2 is 1.80 bits per heavy atom. The van der Waals surface area contributed by atoms with E-state index in [-0.39, 0.29) is 31.4 Å². The number of urea groups is 1. The maximum atomic E-state index is 14.1. The fraction of sp³-hybridized carbons (Fsp3) is 0.258. The van der Waals surface area contributed by atoms with Crippen LogP contribution in [0.25, 0.3) is 11.1 Å². The van der Waals surface area contributed by atoms with Gasteiger partial charge in [-0.1, -0.05) is 79.7 Å². The smallest absolute Gasteiger partial charge is 0.358 e. The molecule has 208 valence electrons. The third-order valence-electron chi connectivity index (χ3n) is 7.46. The van der Waals surface area contributed by atoms with Crippen molar-refractivity contribution in [3.05, 3.63) is 102 Å². The van der Waals surface area contributed by atoms with E-state index >= 15 is 0 Å². The summed E-state index contributed by atoms with van der Waals surface area (Å²) in [5, 5.41) is 3.30. The van der Waals surface area contributed by atoms with E-state index in [4.69, 9.17) is 4.42 Å². The highest BCUT2D eigenvalue weighted by molar-refractivity contribution is 5.94.